The third kappa shape index (κ3) is 8.55. The van der Waals surface area contributed by atoms with Crippen molar-refractivity contribution in [3.63, 3.8) is 0 Å². The molecule has 0 aromatic carbocycles. The van der Waals surface area contributed by atoms with E-state index in [2.05, 4.69) is 13.8 Å². The molecule has 4 N–H and O–H groups in total. The van der Waals surface area contributed by atoms with Gasteiger partial charge in [0.15, 0.2) is 0 Å². The zero-order chi connectivity index (χ0) is 14.7. The van der Waals surface area contributed by atoms with Gasteiger partial charge in [-0.2, -0.15) is 0 Å². The molecule has 4 atom stereocenters. The van der Waals surface area contributed by atoms with Crippen LogP contribution in [0.5, 0.6) is 0 Å². The molecule has 5 nitrogen and oxygen atoms in total. The highest BCUT2D eigenvalue weighted by Gasteiger charge is 2.23. The first-order valence-corrected chi connectivity index (χ1v) is 7.28. The molecule has 0 aromatic heterocycles. The predicted octanol–water partition coefficient (Wildman–Crippen LogP) is 0.684. The molecule has 0 fully saturated rings. The van der Waals surface area contributed by atoms with Gasteiger partial charge < -0.3 is 25.2 Å². The van der Waals surface area contributed by atoms with Crippen molar-refractivity contribution >= 4 is 0 Å². The quantitative estimate of drug-likeness (QED) is 0.421. The fourth-order valence-electron chi connectivity index (χ4n) is 2.05. The molecule has 0 aromatic rings. The van der Waals surface area contributed by atoms with Crippen molar-refractivity contribution in [2.45, 2.75) is 64.3 Å². The lowest BCUT2D eigenvalue weighted by Crippen LogP contribution is -2.36. The molecule has 116 valence electrons. The van der Waals surface area contributed by atoms with E-state index in [-0.39, 0.29) is 19.8 Å². The van der Waals surface area contributed by atoms with E-state index < -0.39 is 18.3 Å². The summed E-state index contributed by atoms with van der Waals surface area (Å²) in [5, 5.41) is 36.8. The number of aliphatic hydroxyl groups excluding tert-OH is 4. The summed E-state index contributed by atoms with van der Waals surface area (Å²) in [6.45, 7) is 3.49. The van der Waals surface area contributed by atoms with E-state index in [0.29, 0.717) is 12.3 Å². The van der Waals surface area contributed by atoms with E-state index >= 15 is 0 Å². The molecule has 0 rings (SSSR count). The topological polar surface area (TPSA) is 90.2 Å². The van der Waals surface area contributed by atoms with Crippen LogP contribution < -0.4 is 0 Å². The smallest absolute Gasteiger partial charge is 0.103 e. The number of unbranched alkanes of at least 4 members (excludes halogenated alkanes) is 1. The van der Waals surface area contributed by atoms with Gasteiger partial charge in [-0.1, -0.05) is 39.5 Å². The summed E-state index contributed by atoms with van der Waals surface area (Å²) in [7, 11) is 0. The lowest BCUT2D eigenvalue weighted by atomic mass is 9.91. The molecule has 0 heterocycles. The van der Waals surface area contributed by atoms with Crippen LogP contribution in [0, 0.1) is 5.92 Å². The van der Waals surface area contributed by atoms with Gasteiger partial charge in [0.25, 0.3) is 0 Å². The summed E-state index contributed by atoms with van der Waals surface area (Å²) in [4.78, 5) is 0. The number of hydrogen-bond acceptors (Lipinski definition) is 5. The van der Waals surface area contributed by atoms with Crippen LogP contribution in [0.25, 0.3) is 0 Å². The summed E-state index contributed by atoms with van der Waals surface area (Å²) >= 11 is 0. The van der Waals surface area contributed by atoms with Crippen molar-refractivity contribution in [1.82, 2.24) is 0 Å². The average molecular weight is 278 g/mol. The predicted molar refractivity (Wildman–Crippen MR) is 73.8 cm³/mol. The Morgan fingerprint density at radius 3 is 2.21 bits per heavy atom. The summed E-state index contributed by atoms with van der Waals surface area (Å²) < 4.78 is 5.44. The van der Waals surface area contributed by atoms with Crippen LogP contribution in [0.15, 0.2) is 0 Å². The van der Waals surface area contributed by atoms with E-state index in [1.807, 2.05) is 0 Å². The highest BCUT2D eigenvalue weighted by Crippen LogP contribution is 2.21. The highest BCUT2D eigenvalue weighted by atomic mass is 16.5. The molecule has 0 saturated heterocycles. The van der Waals surface area contributed by atoms with Crippen LogP contribution in [0.3, 0.4) is 0 Å². The first-order valence-electron chi connectivity index (χ1n) is 7.28. The van der Waals surface area contributed by atoms with Gasteiger partial charge in [-0.15, -0.1) is 0 Å². The maximum atomic E-state index is 9.75. The van der Waals surface area contributed by atoms with E-state index in [0.717, 1.165) is 25.7 Å². The van der Waals surface area contributed by atoms with Crippen LogP contribution >= 0.6 is 0 Å². The normalized spacial score (nSPS) is 18.0. The molecular weight excluding hydrogens is 248 g/mol. The van der Waals surface area contributed by atoms with E-state index in [9.17, 15) is 10.2 Å². The van der Waals surface area contributed by atoms with Crippen molar-refractivity contribution < 1.29 is 25.2 Å². The minimum atomic E-state index is -0.943. The minimum Gasteiger partial charge on any atom is -0.394 e. The largest absolute Gasteiger partial charge is 0.394 e. The Labute approximate surface area is 116 Å². The Morgan fingerprint density at radius 2 is 1.74 bits per heavy atom. The van der Waals surface area contributed by atoms with Crippen LogP contribution in [0.4, 0.5) is 0 Å². The van der Waals surface area contributed by atoms with Gasteiger partial charge >= 0.3 is 0 Å². The van der Waals surface area contributed by atoms with E-state index in [1.54, 1.807) is 0 Å². The van der Waals surface area contributed by atoms with Gasteiger partial charge in [0, 0.05) is 0 Å². The second kappa shape index (κ2) is 11.6. The lowest BCUT2D eigenvalue weighted by Gasteiger charge is -2.27. The van der Waals surface area contributed by atoms with Crippen molar-refractivity contribution in [1.29, 1.82) is 0 Å². The number of hydrogen-bond donors (Lipinski definition) is 4. The molecule has 0 bridgehead atoms. The standard InChI is InChI=1S/C14H30O5/c1-3-5-6-11(4-2)7-14(13(18)9-16)19-10-12(17)8-15/h11-18H,3-10H2,1-2H3. The van der Waals surface area contributed by atoms with Gasteiger partial charge in [0.05, 0.1) is 25.9 Å². The molecule has 4 unspecified atom stereocenters. The molecule has 0 amide bonds. The first-order chi connectivity index (χ1) is 9.08. The maximum Gasteiger partial charge on any atom is 0.103 e. The molecular formula is C14H30O5. The Bertz CT molecular complexity index is 200. The second-order valence-electron chi connectivity index (χ2n) is 5.11. The van der Waals surface area contributed by atoms with Crippen LogP contribution in [-0.4, -0.2) is 58.6 Å². The van der Waals surface area contributed by atoms with Crippen LogP contribution in [0.2, 0.25) is 0 Å². The Morgan fingerprint density at radius 1 is 1.05 bits per heavy atom. The third-order valence-electron chi connectivity index (χ3n) is 3.44. The first kappa shape index (κ1) is 18.8. The highest BCUT2D eigenvalue weighted by molar-refractivity contribution is 4.73. The van der Waals surface area contributed by atoms with Gasteiger partial charge in [0.1, 0.15) is 12.2 Å². The number of aliphatic hydroxyl groups is 4. The van der Waals surface area contributed by atoms with E-state index in [1.165, 1.54) is 0 Å². The monoisotopic (exact) mass is 278 g/mol. The van der Waals surface area contributed by atoms with Crippen molar-refractivity contribution in [2.24, 2.45) is 5.92 Å². The Balaban J connectivity index is 4.30. The van der Waals surface area contributed by atoms with Gasteiger partial charge in [-0.3, -0.25) is 0 Å². The molecule has 19 heavy (non-hydrogen) atoms. The summed E-state index contributed by atoms with van der Waals surface area (Å²) in [5.74, 6) is 0.442. The average Bonchev–Trinajstić information content (AvgIpc) is 2.45. The molecule has 5 heteroatoms. The molecule has 0 saturated carbocycles. The van der Waals surface area contributed by atoms with E-state index in [4.69, 9.17) is 14.9 Å². The zero-order valence-corrected chi connectivity index (χ0v) is 12.2. The van der Waals surface area contributed by atoms with Crippen LogP contribution in [0.1, 0.15) is 46.0 Å². The number of rotatable bonds is 12. The fourth-order valence-corrected chi connectivity index (χ4v) is 2.05. The summed E-state index contributed by atoms with van der Waals surface area (Å²) in [6, 6.07) is 0. The van der Waals surface area contributed by atoms with Crippen LogP contribution in [-0.2, 0) is 4.74 Å². The Hall–Kier alpha value is -0.200. The molecule has 0 radical (unpaired) electrons. The molecule has 0 aliphatic rings. The molecule has 0 aliphatic carbocycles. The molecule has 0 spiro atoms. The van der Waals surface area contributed by atoms with Crippen molar-refractivity contribution in [3.8, 4) is 0 Å². The van der Waals surface area contributed by atoms with Gasteiger partial charge in [0.2, 0.25) is 0 Å². The lowest BCUT2D eigenvalue weighted by molar-refractivity contribution is -0.0955. The van der Waals surface area contributed by atoms with Gasteiger partial charge in [-0.25, -0.2) is 0 Å². The third-order valence-corrected chi connectivity index (χ3v) is 3.44. The van der Waals surface area contributed by atoms with Crippen molar-refractivity contribution in [2.75, 3.05) is 19.8 Å². The zero-order valence-electron chi connectivity index (χ0n) is 12.2. The van der Waals surface area contributed by atoms with Crippen molar-refractivity contribution in [3.05, 3.63) is 0 Å². The summed E-state index contributed by atoms with van der Waals surface area (Å²) in [5.41, 5.74) is 0. The number of ether oxygens (including phenoxy) is 1. The maximum absolute atomic E-state index is 9.75. The van der Waals surface area contributed by atoms with Gasteiger partial charge in [-0.05, 0) is 12.3 Å². The molecule has 0 aliphatic heterocycles. The second-order valence-corrected chi connectivity index (χ2v) is 5.11. The Kier molecular flexibility index (Phi) is 11.5. The fraction of sp³-hybridized carbons (Fsp3) is 1.00. The minimum absolute atomic E-state index is 0.0254. The SMILES string of the molecule is CCCCC(CC)CC(OCC(O)CO)C(O)CO. The summed E-state index contributed by atoms with van der Waals surface area (Å²) in [6.07, 6.45) is 2.64.